The monoisotopic (exact) mass is 312 g/mol. The van der Waals surface area contributed by atoms with E-state index in [0.717, 1.165) is 30.7 Å². The fraction of sp³-hybridized carbons (Fsp3) is 0.562. The van der Waals surface area contributed by atoms with Crippen molar-refractivity contribution in [1.29, 1.82) is 0 Å². The van der Waals surface area contributed by atoms with Crippen LogP contribution in [0.25, 0.3) is 0 Å². The Balaban J connectivity index is 0.00000220. The third kappa shape index (κ3) is 4.35. The molecular formula is C16H25ClN2O2. The zero-order valence-electron chi connectivity index (χ0n) is 12.7. The number of benzene rings is 1. The summed E-state index contributed by atoms with van der Waals surface area (Å²) >= 11 is 0. The van der Waals surface area contributed by atoms with Crippen LogP contribution in [0.15, 0.2) is 24.3 Å². The van der Waals surface area contributed by atoms with Crippen molar-refractivity contribution in [2.24, 2.45) is 11.7 Å². The summed E-state index contributed by atoms with van der Waals surface area (Å²) in [7, 11) is 0. The molecule has 1 aliphatic rings. The van der Waals surface area contributed by atoms with Gasteiger partial charge in [0.25, 0.3) is 5.91 Å². The Morgan fingerprint density at radius 2 is 2.14 bits per heavy atom. The quantitative estimate of drug-likeness (QED) is 0.907. The molecule has 1 aromatic rings. The summed E-state index contributed by atoms with van der Waals surface area (Å²) in [5.74, 6) is 1.29. The number of amides is 1. The molecule has 1 aromatic carbocycles. The molecule has 1 fully saturated rings. The van der Waals surface area contributed by atoms with Crippen molar-refractivity contribution < 1.29 is 9.53 Å². The third-order valence-corrected chi connectivity index (χ3v) is 4.02. The average Bonchev–Trinajstić information content (AvgIpc) is 2.86. The number of hydrogen-bond donors (Lipinski definition) is 1. The van der Waals surface area contributed by atoms with Gasteiger partial charge in [0.2, 0.25) is 0 Å². The number of carbonyl (C=O) groups excluding carboxylic acids is 1. The maximum absolute atomic E-state index is 12.3. The van der Waals surface area contributed by atoms with Crippen LogP contribution in [-0.2, 0) is 11.2 Å². The van der Waals surface area contributed by atoms with Gasteiger partial charge in [0.05, 0.1) is 0 Å². The first kappa shape index (κ1) is 17.8. The number of likely N-dealkylation sites (tertiary alicyclic amines) is 1. The Hall–Kier alpha value is -1.26. The number of carbonyl (C=O) groups is 1. The molecule has 1 amide bonds. The summed E-state index contributed by atoms with van der Waals surface area (Å²) in [6, 6.07) is 8.13. The first-order valence-electron chi connectivity index (χ1n) is 7.36. The molecule has 5 heteroatoms. The standard InChI is InChI=1S/C16H24N2O2.ClH/c1-3-14-6-4-5-7-15(14)20-11-16(19)18-10-13(9-17)8-12(18)2;/h4-7,12-13H,3,8-11,17H2,1-2H3;1H. The van der Waals surface area contributed by atoms with Crippen molar-refractivity contribution in [3.05, 3.63) is 29.8 Å². The largest absolute Gasteiger partial charge is 0.483 e. The zero-order chi connectivity index (χ0) is 14.5. The summed E-state index contributed by atoms with van der Waals surface area (Å²) in [6.45, 7) is 5.67. The molecule has 1 aliphatic heterocycles. The minimum absolute atomic E-state index is 0. The Morgan fingerprint density at radius 1 is 1.43 bits per heavy atom. The SMILES string of the molecule is CCc1ccccc1OCC(=O)N1CC(CN)CC1C.Cl. The van der Waals surface area contributed by atoms with Crippen LogP contribution in [0.1, 0.15) is 25.8 Å². The summed E-state index contributed by atoms with van der Waals surface area (Å²) in [6.07, 6.45) is 1.90. The van der Waals surface area contributed by atoms with Crippen LogP contribution < -0.4 is 10.5 Å². The highest BCUT2D eigenvalue weighted by molar-refractivity contribution is 5.85. The second-order valence-electron chi connectivity index (χ2n) is 5.48. The van der Waals surface area contributed by atoms with Gasteiger partial charge in [-0.05, 0) is 43.9 Å². The lowest BCUT2D eigenvalue weighted by molar-refractivity contribution is -0.134. The predicted molar refractivity (Wildman–Crippen MR) is 86.9 cm³/mol. The van der Waals surface area contributed by atoms with Crippen LogP contribution in [0, 0.1) is 5.92 Å². The van der Waals surface area contributed by atoms with Crippen molar-refractivity contribution >= 4 is 18.3 Å². The molecule has 4 nitrogen and oxygen atoms in total. The Morgan fingerprint density at radius 3 is 2.76 bits per heavy atom. The maximum Gasteiger partial charge on any atom is 0.260 e. The van der Waals surface area contributed by atoms with Crippen LogP contribution in [0.3, 0.4) is 0 Å². The Labute approximate surface area is 133 Å². The van der Waals surface area contributed by atoms with E-state index in [1.54, 1.807) is 0 Å². The zero-order valence-corrected chi connectivity index (χ0v) is 13.6. The van der Waals surface area contributed by atoms with Crippen molar-refractivity contribution in [3.8, 4) is 5.75 Å². The summed E-state index contributed by atoms with van der Waals surface area (Å²) in [5, 5.41) is 0. The van der Waals surface area contributed by atoms with Gasteiger partial charge in [-0.15, -0.1) is 12.4 Å². The summed E-state index contributed by atoms with van der Waals surface area (Å²) in [5.41, 5.74) is 6.83. The van der Waals surface area contributed by atoms with Crippen LogP contribution >= 0.6 is 12.4 Å². The molecule has 0 spiro atoms. The summed E-state index contributed by atoms with van der Waals surface area (Å²) in [4.78, 5) is 14.1. The van der Waals surface area contributed by atoms with Crippen LogP contribution in [-0.4, -0.2) is 36.5 Å². The van der Waals surface area contributed by atoms with E-state index in [1.807, 2.05) is 29.2 Å². The van der Waals surface area contributed by atoms with Gasteiger partial charge in [0.15, 0.2) is 6.61 Å². The number of para-hydroxylation sites is 1. The number of rotatable bonds is 5. The number of halogens is 1. The van der Waals surface area contributed by atoms with Gasteiger partial charge in [0, 0.05) is 12.6 Å². The molecule has 1 saturated heterocycles. The Kier molecular flexibility index (Phi) is 6.99. The molecule has 21 heavy (non-hydrogen) atoms. The highest BCUT2D eigenvalue weighted by Gasteiger charge is 2.31. The highest BCUT2D eigenvalue weighted by atomic mass is 35.5. The van der Waals surface area contributed by atoms with Gasteiger partial charge in [0.1, 0.15) is 5.75 Å². The van der Waals surface area contributed by atoms with Crippen molar-refractivity contribution in [3.63, 3.8) is 0 Å². The van der Waals surface area contributed by atoms with Crippen molar-refractivity contribution in [2.75, 3.05) is 19.7 Å². The van der Waals surface area contributed by atoms with Crippen LogP contribution in [0.2, 0.25) is 0 Å². The van der Waals surface area contributed by atoms with Gasteiger partial charge in [-0.2, -0.15) is 0 Å². The molecule has 2 N–H and O–H groups in total. The van der Waals surface area contributed by atoms with E-state index < -0.39 is 0 Å². The second kappa shape index (κ2) is 8.25. The maximum atomic E-state index is 12.3. The molecule has 2 atom stereocenters. The molecule has 0 aromatic heterocycles. The third-order valence-electron chi connectivity index (χ3n) is 4.02. The lowest BCUT2D eigenvalue weighted by Crippen LogP contribution is -2.37. The minimum Gasteiger partial charge on any atom is -0.483 e. The fourth-order valence-electron chi connectivity index (χ4n) is 2.82. The molecule has 2 rings (SSSR count). The molecule has 0 bridgehead atoms. The smallest absolute Gasteiger partial charge is 0.260 e. The fourth-order valence-corrected chi connectivity index (χ4v) is 2.82. The van der Waals surface area contributed by atoms with E-state index in [1.165, 1.54) is 0 Å². The lowest BCUT2D eigenvalue weighted by Gasteiger charge is -2.22. The molecule has 0 radical (unpaired) electrons. The average molecular weight is 313 g/mol. The lowest BCUT2D eigenvalue weighted by atomic mass is 10.1. The predicted octanol–water partition coefficient (Wildman–Crippen LogP) is 2.25. The number of nitrogens with two attached hydrogens (primary N) is 1. The van der Waals surface area contributed by atoms with Gasteiger partial charge in [-0.3, -0.25) is 4.79 Å². The van der Waals surface area contributed by atoms with Gasteiger partial charge >= 0.3 is 0 Å². The molecule has 0 aliphatic carbocycles. The van der Waals surface area contributed by atoms with E-state index in [0.29, 0.717) is 12.5 Å². The first-order valence-corrected chi connectivity index (χ1v) is 7.36. The summed E-state index contributed by atoms with van der Waals surface area (Å²) < 4.78 is 5.70. The number of aryl methyl sites for hydroxylation is 1. The van der Waals surface area contributed by atoms with Gasteiger partial charge < -0.3 is 15.4 Å². The van der Waals surface area contributed by atoms with E-state index in [-0.39, 0.29) is 31.0 Å². The van der Waals surface area contributed by atoms with Crippen LogP contribution in [0.5, 0.6) is 5.75 Å². The van der Waals surface area contributed by atoms with E-state index in [2.05, 4.69) is 13.8 Å². The Bertz CT molecular complexity index is 467. The van der Waals surface area contributed by atoms with E-state index in [4.69, 9.17) is 10.5 Å². The van der Waals surface area contributed by atoms with Gasteiger partial charge in [-0.1, -0.05) is 25.1 Å². The molecule has 0 saturated carbocycles. The van der Waals surface area contributed by atoms with E-state index >= 15 is 0 Å². The van der Waals surface area contributed by atoms with Gasteiger partial charge in [-0.25, -0.2) is 0 Å². The minimum atomic E-state index is 0. The first-order chi connectivity index (χ1) is 9.65. The molecule has 118 valence electrons. The second-order valence-corrected chi connectivity index (χ2v) is 5.48. The number of ether oxygens (including phenoxy) is 1. The molecule has 2 unspecified atom stereocenters. The van der Waals surface area contributed by atoms with Crippen molar-refractivity contribution in [2.45, 2.75) is 32.7 Å². The number of hydrogen-bond acceptors (Lipinski definition) is 3. The van der Waals surface area contributed by atoms with E-state index in [9.17, 15) is 4.79 Å². The molecule has 1 heterocycles. The number of nitrogens with zero attached hydrogens (tertiary/aromatic N) is 1. The van der Waals surface area contributed by atoms with Crippen molar-refractivity contribution in [1.82, 2.24) is 4.90 Å². The van der Waals surface area contributed by atoms with Crippen LogP contribution in [0.4, 0.5) is 0 Å². The molecular weight excluding hydrogens is 288 g/mol. The normalized spacial score (nSPS) is 21.0. The topological polar surface area (TPSA) is 55.6 Å². The highest BCUT2D eigenvalue weighted by Crippen LogP contribution is 2.23.